The predicted octanol–water partition coefficient (Wildman–Crippen LogP) is 0.00162. The Bertz CT molecular complexity index is 924. The van der Waals surface area contributed by atoms with Crippen LogP contribution in [0.2, 0.25) is 0 Å². The molecular formula is C14H16N8O. The second kappa shape index (κ2) is 5.13. The van der Waals surface area contributed by atoms with Crippen LogP contribution in [0.3, 0.4) is 0 Å². The summed E-state index contributed by atoms with van der Waals surface area (Å²) in [6, 6.07) is 1.74. The van der Waals surface area contributed by atoms with Gasteiger partial charge in [-0.25, -0.2) is 9.97 Å². The van der Waals surface area contributed by atoms with Gasteiger partial charge in [0, 0.05) is 12.7 Å². The lowest BCUT2D eigenvalue weighted by Crippen LogP contribution is -2.30. The Balaban J connectivity index is 2.10. The zero-order valence-corrected chi connectivity index (χ0v) is 12.6. The normalized spacial score (nSPS) is 17.9. The maximum Gasteiger partial charge on any atom is 0.280 e. The van der Waals surface area contributed by atoms with Gasteiger partial charge in [0.25, 0.3) is 5.56 Å². The number of nitrogens with two attached hydrogens (primary N) is 1. The maximum atomic E-state index is 13.0. The van der Waals surface area contributed by atoms with Crippen molar-refractivity contribution < 1.29 is 0 Å². The molecule has 0 spiro atoms. The highest BCUT2D eigenvalue weighted by molar-refractivity contribution is 5.77. The van der Waals surface area contributed by atoms with Crippen LogP contribution in [0.25, 0.3) is 22.6 Å². The number of H-pyrrole nitrogens is 1. The number of aromatic amines is 1. The lowest BCUT2D eigenvalue weighted by Gasteiger charge is -2.17. The lowest BCUT2D eigenvalue weighted by atomic mass is 10.2. The summed E-state index contributed by atoms with van der Waals surface area (Å²) in [5.74, 6) is 0.144. The Labute approximate surface area is 131 Å². The van der Waals surface area contributed by atoms with E-state index in [1.54, 1.807) is 16.8 Å². The van der Waals surface area contributed by atoms with Crippen molar-refractivity contribution in [3.63, 3.8) is 0 Å². The average Bonchev–Trinajstić information content (AvgIpc) is 3.20. The molecule has 1 atom stereocenters. The van der Waals surface area contributed by atoms with E-state index < -0.39 is 0 Å². The van der Waals surface area contributed by atoms with Crippen LogP contribution in [-0.4, -0.2) is 42.8 Å². The fourth-order valence-corrected chi connectivity index (χ4v) is 3.00. The van der Waals surface area contributed by atoms with E-state index in [0.717, 1.165) is 13.0 Å². The van der Waals surface area contributed by atoms with E-state index in [4.69, 9.17) is 5.73 Å². The van der Waals surface area contributed by atoms with Crippen LogP contribution >= 0.6 is 0 Å². The molecular weight excluding hydrogens is 296 g/mol. The van der Waals surface area contributed by atoms with Gasteiger partial charge in [0.15, 0.2) is 11.3 Å². The summed E-state index contributed by atoms with van der Waals surface area (Å²) in [7, 11) is 0. The van der Waals surface area contributed by atoms with Crippen molar-refractivity contribution in [1.82, 2.24) is 35.0 Å². The number of aryl methyl sites for hydroxylation is 1. The second-order valence-electron chi connectivity index (χ2n) is 5.59. The maximum absolute atomic E-state index is 13.0. The van der Waals surface area contributed by atoms with Crippen LogP contribution in [0, 0.1) is 6.92 Å². The van der Waals surface area contributed by atoms with Gasteiger partial charge in [-0.1, -0.05) is 0 Å². The summed E-state index contributed by atoms with van der Waals surface area (Å²) in [6.07, 6.45) is 2.44. The number of anilines is 1. The highest BCUT2D eigenvalue weighted by Crippen LogP contribution is 2.22. The zero-order valence-electron chi connectivity index (χ0n) is 12.6. The highest BCUT2D eigenvalue weighted by atomic mass is 16.1. The number of nitrogen functional groups attached to an aromatic ring is 1. The molecule has 1 fully saturated rings. The third kappa shape index (κ3) is 2.16. The SMILES string of the molecule is Cc1nc(N)nc2c1nc(-c1ccn[nH]1)c(=O)n2[C@@H]1CCNC1. The molecule has 0 unspecified atom stereocenters. The number of hydrogen-bond acceptors (Lipinski definition) is 7. The van der Waals surface area contributed by atoms with Gasteiger partial charge in [0.05, 0.1) is 17.4 Å². The third-order valence-corrected chi connectivity index (χ3v) is 4.09. The van der Waals surface area contributed by atoms with Gasteiger partial charge in [-0.05, 0) is 26.0 Å². The summed E-state index contributed by atoms with van der Waals surface area (Å²) in [5.41, 5.74) is 8.18. The Kier molecular flexibility index (Phi) is 3.08. The van der Waals surface area contributed by atoms with Gasteiger partial charge >= 0.3 is 0 Å². The van der Waals surface area contributed by atoms with E-state index in [0.29, 0.717) is 34.8 Å². The summed E-state index contributed by atoms with van der Waals surface area (Å²) < 4.78 is 1.68. The second-order valence-corrected chi connectivity index (χ2v) is 5.59. The highest BCUT2D eigenvalue weighted by Gasteiger charge is 2.24. The topological polar surface area (TPSA) is 127 Å². The Hall–Kier alpha value is -2.81. The Morgan fingerprint density at radius 3 is 2.91 bits per heavy atom. The minimum absolute atomic E-state index is 0.0170. The zero-order chi connectivity index (χ0) is 16.0. The molecule has 9 nitrogen and oxygen atoms in total. The molecule has 1 aliphatic rings. The van der Waals surface area contributed by atoms with Crippen molar-refractivity contribution in [1.29, 1.82) is 0 Å². The van der Waals surface area contributed by atoms with Crippen LogP contribution in [0.1, 0.15) is 18.2 Å². The van der Waals surface area contributed by atoms with Gasteiger partial charge in [0.1, 0.15) is 5.52 Å². The first-order valence-corrected chi connectivity index (χ1v) is 7.42. The van der Waals surface area contributed by atoms with Crippen molar-refractivity contribution in [3.8, 4) is 11.4 Å². The lowest BCUT2D eigenvalue weighted by molar-refractivity contribution is 0.542. The summed E-state index contributed by atoms with van der Waals surface area (Å²) >= 11 is 0. The van der Waals surface area contributed by atoms with Gasteiger partial charge in [-0.2, -0.15) is 10.1 Å². The van der Waals surface area contributed by atoms with Crippen molar-refractivity contribution in [2.24, 2.45) is 0 Å². The Morgan fingerprint density at radius 2 is 2.22 bits per heavy atom. The first-order chi connectivity index (χ1) is 11.1. The molecule has 4 heterocycles. The summed E-state index contributed by atoms with van der Waals surface area (Å²) in [4.78, 5) is 25.9. The largest absolute Gasteiger partial charge is 0.368 e. The molecule has 0 amide bonds. The molecule has 0 aliphatic carbocycles. The minimum atomic E-state index is -0.201. The monoisotopic (exact) mass is 312 g/mol. The van der Waals surface area contributed by atoms with Crippen LogP contribution in [0.5, 0.6) is 0 Å². The minimum Gasteiger partial charge on any atom is -0.368 e. The average molecular weight is 312 g/mol. The molecule has 0 bridgehead atoms. The number of fused-ring (bicyclic) bond motifs is 1. The molecule has 23 heavy (non-hydrogen) atoms. The van der Waals surface area contributed by atoms with E-state index in [2.05, 4.69) is 30.5 Å². The Morgan fingerprint density at radius 1 is 1.35 bits per heavy atom. The molecule has 9 heteroatoms. The van der Waals surface area contributed by atoms with Crippen molar-refractivity contribution in [2.45, 2.75) is 19.4 Å². The van der Waals surface area contributed by atoms with Crippen LogP contribution < -0.4 is 16.6 Å². The van der Waals surface area contributed by atoms with Crippen LogP contribution in [0.4, 0.5) is 5.95 Å². The molecule has 4 N–H and O–H groups in total. The van der Waals surface area contributed by atoms with Crippen LogP contribution in [-0.2, 0) is 0 Å². The van der Waals surface area contributed by atoms with E-state index in [-0.39, 0.29) is 17.5 Å². The number of nitrogens with one attached hydrogen (secondary N) is 2. The number of nitrogens with zero attached hydrogens (tertiary/aromatic N) is 5. The first-order valence-electron chi connectivity index (χ1n) is 7.42. The molecule has 0 aromatic carbocycles. The molecule has 118 valence electrons. The summed E-state index contributed by atoms with van der Waals surface area (Å²) in [5, 5.41) is 9.98. The third-order valence-electron chi connectivity index (χ3n) is 4.09. The van der Waals surface area contributed by atoms with Gasteiger partial charge in [-0.3, -0.25) is 14.5 Å². The van der Waals surface area contributed by atoms with Gasteiger partial charge < -0.3 is 11.1 Å². The van der Waals surface area contributed by atoms with Gasteiger partial charge in [0.2, 0.25) is 5.95 Å². The molecule has 3 aromatic rings. The van der Waals surface area contributed by atoms with Crippen molar-refractivity contribution in [3.05, 3.63) is 28.3 Å². The van der Waals surface area contributed by atoms with Gasteiger partial charge in [-0.15, -0.1) is 0 Å². The summed E-state index contributed by atoms with van der Waals surface area (Å²) in [6.45, 7) is 3.38. The fraction of sp³-hybridized carbons (Fsp3) is 0.357. The van der Waals surface area contributed by atoms with E-state index in [1.807, 2.05) is 6.92 Å². The molecule has 0 radical (unpaired) electrons. The quantitative estimate of drug-likeness (QED) is 0.607. The molecule has 0 saturated carbocycles. The molecule has 1 aliphatic heterocycles. The van der Waals surface area contributed by atoms with Crippen LogP contribution in [0.15, 0.2) is 17.1 Å². The standard InChI is InChI=1S/C14H16N8O/c1-7-10-12(20-14(15)18-7)22(8-2-4-16-6-8)13(23)11(19-10)9-3-5-17-21-9/h3,5,8,16H,2,4,6H2,1H3,(H,17,21)(H2,15,18,20)/t8-/m1/s1. The number of aromatic nitrogens is 6. The van der Waals surface area contributed by atoms with E-state index in [1.165, 1.54) is 0 Å². The predicted molar refractivity (Wildman–Crippen MR) is 84.8 cm³/mol. The fourth-order valence-electron chi connectivity index (χ4n) is 3.00. The van der Waals surface area contributed by atoms with Crippen molar-refractivity contribution >= 4 is 17.1 Å². The number of hydrogen-bond donors (Lipinski definition) is 3. The van der Waals surface area contributed by atoms with E-state index in [9.17, 15) is 4.79 Å². The molecule has 4 rings (SSSR count). The van der Waals surface area contributed by atoms with E-state index >= 15 is 0 Å². The molecule has 1 saturated heterocycles. The number of rotatable bonds is 2. The van der Waals surface area contributed by atoms with Crippen molar-refractivity contribution in [2.75, 3.05) is 18.8 Å². The smallest absolute Gasteiger partial charge is 0.280 e. The molecule has 3 aromatic heterocycles. The first kappa shape index (κ1) is 13.8.